The van der Waals surface area contributed by atoms with E-state index in [1.165, 1.54) is 19.3 Å². The highest BCUT2D eigenvalue weighted by Gasteiger charge is 2.44. The van der Waals surface area contributed by atoms with E-state index in [9.17, 15) is 10.1 Å². The van der Waals surface area contributed by atoms with Crippen molar-refractivity contribution in [3.63, 3.8) is 0 Å². The van der Waals surface area contributed by atoms with Crippen molar-refractivity contribution in [2.24, 2.45) is 17.8 Å². The number of nitriles is 1. The van der Waals surface area contributed by atoms with Crippen molar-refractivity contribution >= 4 is 33.6 Å². The van der Waals surface area contributed by atoms with Gasteiger partial charge in [-0.3, -0.25) is 9.78 Å². The quantitative estimate of drug-likeness (QED) is 0.286. The van der Waals surface area contributed by atoms with Crippen molar-refractivity contribution in [3.05, 3.63) is 42.2 Å². The third-order valence-corrected chi connectivity index (χ3v) is 10.3. The van der Waals surface area contributed by atoms with Gasteiger partial charge in [-0.2, -0.15) is 10.4 Å². The fourth-order valence-corrected chi connectivity index (χ4v) is 8.05. The topological polar surface area (TPSA) is 124 Å². The van der Waals surface area contributed by atoms with Crippen LogP contribution in [0.4, 0.5) is 10.8 Å². The van der Waals surface area contributed by atoms with Crippen molar-refractivity contribution in [1.29, 1.82) is 5.26 Å². The lowest BCUT2D eigenvalue weighted by atomic mass is 9.87. The molecule has 3 fully saturated rings. The number of carbonyl (C=O) groups excluding carboxylic acids is 1. The summed E-state index contributed by atoms with van der Waals surface area (Å²) in [7, 11) is 0. The molecule has 4 aromatic heterocycles. The van der Waals surface area contributed by atoms with E-state index in [1.54, 1.807) is 22.0 Å². The maximum atomic E-state index is 13.0. The zero-order valence-corrected chi connectivity index (χ0v) is 25.5. The highest BCUT2D eigenvalue weighted by atomic mass is 32.1. The van der Waals surface area contributed by atoms with E-state index >= 15 is 0 Å². The molecule has 0 spiro atoms. The first-order chi connectivity index (χ1) is 21.0. The Morgan fingerprint density at radius 1 is 1.05 bits per heavy atom. The number of fused-ring (bicyclic) bond motifs is 3. The average Bonchev–Trinajstić information content (AvgIpc) is 3.73. The largest absolute Gasteiger partial charge is 0.382 e. The summed E-state index contributed by atoms with van der Waals surface area (Å²) in [6.45, 7) is 6.02. The van der Waals surface area contributed by atoms with Crippen LogP contribution in [0.15, 0.2) is 36.7 Å². The van der Waals surface area contributed by atoms with E-state index in [0.29, 0.717) is 17.4 Å². The van der Waals surface area contributed by atoms with Crippen LogP contribution < -0.4 is 15.5 Å². The lowest BCUT2D eigenvalue weighted by Gasteiger charge is -2.38. The standard InChI is InChI=1S/C32H37N9OS/c1-19(2)36-26-13-27(28-11-10-24-12-20(14-33)15-35-41(24)28)34-16-25(26)31-38-39-32(43-31)40-17-22-8-9-23(18-40)29(22)37-30(42)21-6-4-3-5-7-21/h10-13,15-16,19,21-23,29H,3-9,17-18H2,1-2H3,(H,34,36)(H,37,42)/t22-,23+,29-. The first kappa shape index (κ1) is 27.8. The van der Waals surface area contributed by atoms with E-state index < -0.39 is 0 Å². The van der Waals surface area contributed by atoms with Gasteiger partial charge in [0.1, 0.15) is 6.07 Å². The fourth-order valence-electron chi connectivity index (χ4n) is 7.16. The summed E-state index contributed by atoms with van der Waals surface area (Å²) in [6.07, 6.45) is 11.4. The third-order valence-electron chi connectivity index (χ3n) is 9.27. The molecule has 222 valence electrons. The average molecular weight is 596 g/mol. The number of aromatic nitrogens is 5. The monoisotopic (exact) mass is 595 g/mol. The van der Waals surface area contributed by atoms with Crippen LogP contribution in [0.1, 0.15) is 64.4 Å². The van der Waals surface area contributed by atoms with Crippen molar-refractivity contribution in [3.8, 4) is 28.0 Å². The molecule has 0 aromatic carbocycles. The summed E-state index contributed by atoms with van der Waals surface area (Å²) >= 11 is 1.60. The van der Waals surface area contributed by atoms with Crippen molar-refractivity contribution in [2.75, 3.05) is 23.3 Å². The van der Waals surface area contributed by atoms with Crippen LogP contribution in [0.5, 0.6) is 0 Å². The van der Waals surface area contributed by atoms with Gasteiger partial charge in [-0.15, -0.1) is 10.2 Å². The molecule has 7 rings (SSSR count). The number of nitrogens with zero attached hydrogens (tertiary/aromatic N) is 7. The van der Waals surface area contributed by atoms with Gasteiger partial charge >= 0.3 is 0 Å². The van der Waals surface area contributed by atoms with E-state index in [2.05, 4.69) is 50.7 Å². The first-order valence-electron chi connectivity index (χ1n) is 15.5. The van der Waals surface area contributed by atoms with E-state index in [-0.39, 0.29) is 23.9 Å². The highest BCUT2D eigenvalue weighted by Crippen LogP contribution is 2.42. The molecule has 4 aromatic rings. The summed E-state index contributed by atoms with van der Waals surface area (Å²) in [4.78, 5) is 20.2. The van der Waals surface area contributed by atoms with Gasteiger partial charge in [-0.05, 0) is 75.6 Å². The van der Waals surface area contributed by atoms with Crippen LogP contribution in [-0.2, 0) is 4.79 Å². The minimum Gasteiger partial charge on any atom is -0.382 e. The van der Waals surface area contributed by atoms with Gasteiger partial charge in [0.25, 0.3) is 0 Å². The molecule has 0 unspecified atom stereocenters. The Bertz CT molecular complexity index is 1670. The highest BCUT2D eigenvalue weighted by molar-refractivity contribution is 7.18. The first-order valence-corrected chi connectivity index (χ1v) is 16.3. The normalized spacial score (nSPS) is 22.2. The summed E-state index contributed by atoms with van der Waals surface area (Å²) in [5.74, 6) is 1.39. The van der Waals surface area contributed by atoms with Crippen LogP contribution in [0.3, 0.4) is 0 Å². The van der Waals surface area contributed by atoms with Gasteiger partial charge in [-0.25, -0.2) is 4.52 Å². The molecule has 3 aliphatic rings. The second-order valence-corrected chi connectivity index (χ2v) is 13.5. The molecule has 1 aliphatic heterocycles. The number of rotatable bonds is 7. The van der Waals surface area contributed by atoms with Crippen molar-refractivity contribution in [2.45, 2.75) is 70.9 Å². The zero-order chi connectivity index (χ0) is 29.5. The Hall–Kier alpha value is -4.04. The Balaban J connectivity index is 1.10. The number of piperidine rings is 1. The zero-order valence-electron chi connectivity index (χ0n) is 24.7. The maximum absolute atomic E-state index is 13.0. The summed E-state index contributed by atoms with van der Waals surface area (Å²) in [5.41, 5.74) is 4.86. The predicted molar refractivity (Wildman–Crippen MR) is 168 cm³/mol. The van der Waals surface area contributed by atoms with Gasteiger partial charge in [0.05, 0.1) is 34.2 Å². The van der Waals surface area contributed by atoms with Crippen LogP contribution in [0, 0.1) is 29.1 Å². The lowest BCUT2D eigenvalue weighted by molar-refractivity contribution is -0.127. The Kier molecular flexibility index (Phi) is 7.47. The van der Waals surface area contributed by atoms with Crippen molar-refractivity contribution in [1.82, 2.24) is 30.1 Å². The molecule has 2 bridgehead atoms. The van der Waals surface area contributed by atoms with E-state index in [0.717, 1.165) is 77.1 Å². The van der Waals surface area contributed by atoms with Gasteiger partial charge in [0.15, 0.2) is 5.01 Å². The molecular weight excluding hydrogens is 558 g/mol. The molecule has 0 radical (unpaired) electrons. The van der Waals surface area contributed by atoms with Gasteiger partial charge in [0, 0.05) is 43.0 Å². The molecule has 11 heteroatoms. The lowest BCUT2D eigenvalue weighted by Crippen LogP contribution is -2.53. The summed E-state index contributed by atoms with van der Waals surface area (Å²) in [6, 6.07) is 10.4. The van der Waals surface area contributed by atoms with Gasteiger partial charge in [-0.1, -0.05) is 30.6 Å². The van der Waals surface area contributed by atoms with Gasteiger partial charge in [0.2, 0.25) is 11.0 Å². The Morgan fingerprint density at radius 2 is 1.84 bits per heavy atom. The van der Waals surface area contributed by atoms with Crippen LogP contribution in [-0.4, -0.2) is 55.9 Å². The summed E-state index contributed by atoms with van der Waals surface area (Å²) < 4.78 is 1.81. The van der Waals surface area contributed by atoms with Crippen molar-refractivity contribution < 1.29 is 4.79 Å². The molecule has 1 amide bonds. The third kappa shape index (κ3) is 5.44. The SMILES string of the molecule is CC(C)Nc1cc(-c2ccc3cc(C#N)cnn23)ncc1-c1nnc(N2C[C@H]3CC[C@@H](C2)[C@@H]3NC(=O)C2CCCCC2)s1. The second-order valence-electron chi connectivity index (χ2n) is 12.6. The minimum atomic E-state index is 0.203. The second kappa shape index (κ2) is 11.6. The predicted octanol–water partition coefficient (Wildman–Crippen LogP) is 5.52. The Labute approximate surface area is 255 Å². The number of carbonyl (C=O) groups is 1. The molecule has 3 atom stereocenters. The van der Waals surface area contributed by atoms with Crippen LogP contribution in [0.25, 0.3) is 27.5 Å². The Morgan fingerprint density at radius 3 is 2.58 bits per heavy atom. The van der Waals surface area contributed by atoms with Gasteiger partial charge < -0.3 is 15.5 Å². The number of anilines is 2. The molecule has 2 saturated carbocycles. The number of hydrogen-bond acceptors (Lipinski definition) is 9. The van der Waals surface area contributed by atoms with E-state index in [1.807, 2.05) is 30.5 Å². The smallest absolute Gasteiger partial charge is 0.223 e. The molecule has 43 heavy (non-hydrogen) atoms. The number of amides is 1. The molecule has 2 aliphatic carbocycles. The number of hydrogen-bond donors (Lipinski definition) is 2. The fraction of sp³-hybridized carbons (Fsp3) is 0.500. The maximum Gasteiger partial charge on any atom is 0.223 e. The number of pyridine rings is 1. The molecule has 10 nitrogen and oxygen atoms in total. The molecular formula is C32H37N9OS. The van der Waals surface area contributed by atoms with Crippen LogP contribution in [0.2, 0.25) is 0 Å². The summed E-state index contributed by atoms with van der Waals surface area (Å²) in [5, 5.41) is 31.8. The minimum absolute atomic E-state index is 0.203. The van der Waals surface area contributed by atoms with Crippen LogP contribution >= 0.6 is 11.3 Å². The number of nitrogens with one attached hydrogen (secondary N) is 2. The molecule has 2 N–H and O–H groups in total. The molecule has 1 saturated heterocycles. The van der Waals surface area contributed by atoms with E-state index in [4.69, 9.17) is 4.98 Å². The molecule has 5 heterocycles.